The molecule has 6 heteroatoms. The topological polar surface area (TPSA) is 58.6 Å². The first kappa shape index (κ1) is 18.0. The molecule has 0 spiro atoms. The summed E-state index contributed by atoms with van der Waals surface area (Å²) in [5.74, 6) is -0.117. The van der Waals surface area contributed by atoms with E-state index in [9.17, 15) is 9.59 Å². The number of para-hydroxylation sites is 1. The van der Waals surface area contributed by atoms with Gasteiger partial charge in [0.1, 0.15) is 11.4 Å². The molecule has 1 aliphatic rings. The van der Waals surface area contributed by atoms with Crippen molar-refractivity contribution in [1.29, 1.82) is 0 Å². The summed E-state index contributed by atoms with van der Waals surface area (Å²) in [6.07, 6.45) is 0. The summed E-state index contributed by atoms with van der Waals surface area (Å²) < 4.78 is 5.52. The van der Waals surface area contributed by atoms with Gasteiger partial charge in [-0.05, 0) is 42.6 Å². The molecule has 2 aromatic carbocycles. The van der Waals surface area contributed by atoms with Gasteiger partial charge >= 0.3 is 0 Å². The van der Waals surface area contributed by atoms with Crippen LogP contribution in [0.2, 0.25) is 0 Å². The Balaban J connectivity index is 1.76. The summed E-state index contributed by atoms with van der Waals surface area (Å²) in [7, 11) is 0. The third kappa shape index (κ3) is 3.30. The Morgan fingerprint density at radius 3 is 2.50 bits per heavy atom. The standard InChI is InChI=1S/C22H18N2O3S/c1-2-27-17-11-6-10-16(14-17)24-21(25)19(18-12-7-13-28-18)20(22(24)26)23-15-8-4-3-5-9-15/h3-14,23H,2H2,1H3. The van der Waals surface area contributed by atoms with E-state index in [1.54, 1.807) is 24.3 Å². The number of ether oxygens (including phenoxy) is 1. The van der Waals surface area contributed by atoms with Crippen LogP contribution in [0.1, 0.15) is 11.8 Å². The highest BCUT2D eigenvalue weighted by atomic mass is 32.1. The molecule has 28 heavy (non-hydrogen) atoms. The minimum absolute atomic E-state index is 0.278. The van der Waals surface area contributed by atoms with Crippen LogP contribution in [-0.4, -0.2) is 18.4 Å². The number of carbonyl (C=O) groups is 2. The van der Waals surface area contributed by atoms with Gasteiger partial charge < -0.3 is 10.1 Å². The fourth-order valence-electron chi connectivity index (χ4n) is 3.07. The zero-order valence-corrected chi connectivity index (χ0v) is 16.0. The molecule has 4 rings (SSSR count). The quantitative estimate of drug-likeness (QED) is 0.628. The lowest BCUT2D eigenvalue weighted by Gasteiger charge is -2.16. The van der Waals surface area contributed by atoms with Crippen LogP contribution < -0.4 is 15.0 Å². The number of carbonyl (C=O) groups excluding carboxylic acids is 2. The molecule has 0 fully saturated rings. The Bertz CT molecular complexity index is 1040. The van der Waals surface area contributed by atoms with Crippen LogP contribution in [0.25, 0.3) is 5.57 Å². The number of anilines is 2. The molecule has 0 radical (unpaired) electrons. The second-order valence-corrected chi connectivity index (χ2v) is 7.04. The summed E-state index contributed by atoms with van der Waals surface area (Å²) in [6, 6.07) is 20.1. The average molecular weight is 390 g/mol. The molecule has 1 aliphatic heterocycles. The number of imide groups is 1. The first-order chi connectivity index (χ1) is 13.7. The lowest BCUT2D eigenvalue weighted by Crippen LogP contribution is -2.32. The molecule has 3 aromatic rings. The second kappa shape index (κ2) is 7.70. The van der Waals surface area contributed by atoms with Crippen molar-refractivity contribution in [1.82, 2.24) is 0 Å². The molecule has 2 heterocycles. The Hall–Kier alpha value is -3.38. The number of thiophene rings is 1. The van der Waals surface area contributed by atoms with Gasteiger partial charge in [-0.15, -0.1) is 11.3 Å². The molecule has 0 bridgehead atoms. The molecular formula is C22H18N2O3S. The summed E-state index contributed by atoms with van der Waals surface area (Å²) in [6.45, 7) is 2.39. The molecule has 5 nitrogen and oxygen atoms in total. The fourth-order valence-corrected chi connectivity index (χ4v) is 3.84. The molecule has 140 valence electrons. The third-order valence-corrected chi connectivity index (χ3v) is 5.17. The molecule has 2 amide bonds. The Morgan fingerprint density at radius 2 is 1.79 bits per heavy atom. The fraction of sp³-hybridized carbons (Fsp3) is 0.0909. The number of nitrogens with zero attached hydrogens (tertiary/aromatic N) is 1. The largest absolute Gasteiger partial charge is 0.494 e. The first-order valence-corrected chi connectivity index (χ1v) is 9.79. The van der Waals surface area contributed by atoms with E-state index in [1.807, 2.05) is 54.8 Å². The average Bonchev–Trinajstić information content (AvgIpc) is 3.30. The molecule has 1 aromatic heterocycles. The minimum atomic E-state index is -0.383. The number of rotatable bonds is 6. The van der Waals surface area contributed by atoms with E-state index in [2.05, 4.69) is 5.32 Å². The molecule has 1 N–H and O–H groups in total. The third-order valence-electron chi connectivity index (χ3n) is 4.28. The SMILES string of the molecule is CCOc1cccc(N2C(=O)C(Nc3ccccc3)=C(c3cccs3)C2=O)c1. The van der Waals surface area contributed by atoms with Crippen LogP contribution in [-0.2, 0) is 9.59 Å². The van der Waals surface area contributed by atoms with Crippen molar-refractivity contribution in [3.8, 4) is 5.75 Å². The van der Waals surface area contributed by atoms with E-state index in [0.29, 0.717) is 23.6 Å². The summed E-state index contributed by atoms with van der Waals surface area (Å²) in [5.41, 5.74) is 1.89. The number of hydrogen-bond donors (Lipinski definition) is 1. The van der Waals surface area contributed by atoms with E-state index in [-0.39, 0.29) is 17.5 Å². The maximum absolute atomic E-state index is 13.3. The van der Waals surface area contributed by atoms with Gasteiger partial charge in [0.25, 0.3) is 11.8 Å². The van der Waals surface area contributed by atoms with Gasteiger partial charge in [0.05, 0.1) is 17.9 Å². The van der Waals surface area contributed by atoms with Crippen molar-refractivity contribution < 1.29 is 14.3 Å². The highest BCUT2D eigenvalue weighted by Gasteiger charge is 2.40. The van der Waals surface area contributed by atoms with E-state index >= 15 is 0 Å². The molecule has 0 saturated carbocycles. The summed E-state index contributed by atoms with van der Waals surface area (Å²) in [4.78, 5) is 28.4. The van der Waals surface area contributed by atoms with E-state index in [4.69, 9.17) is 4.74 Å². The van der Waals surface area contributed by atoms with Gasteiger partial charge in [0, 0.05) is 16.6 Å². The molecule has 0 unspecified atom stereocenters. The molecule has 0 atom stereocenters. The maximum Gasteiger partial charge on any atom is 0.282 e. The van der Waals surface area contributed by atoms with Crippen LogP contribution in [0.5, 0.6) is 5.75 Å². The van der Waals surface area contributed by atoms with Crippen LogP contribution in [0, 0.1) is 0 Å². The monoisotopic (exact) mass is 390 g/mol. The normalized spacial score (nSPS) is 14.0. The Morgan fingerprint density at radius 1 is 0.964 bits per heavy atom. The van der Waals surface area contributed by atoms with Gasteiger partial charge in [-0.3, -0.25) is 9.59 Å². The molecular weight excluding hydrogens is 372 g/mol. The number of nitrogens with one attached hydrogen (secondary N) is 1. The Kier molecular flexibility index (Phi) is 4.95. The van der Waals surface area contributed by atoms with Crippen molar-refractivity contribution in [3.63, 3.8) is 0 Å². The highest BCUT2D eigenvalue weighted by Crippen LogP contribution is 2.36. The predicted molar refractivity (Wildman–Crippen MR) is 111 cm³/mol. The van der Waals surface area contributed by atoms with E-state index < -0.39 is 0 Å². The predicted octanol–water partition coefficient (Wildman–Crippen LogP) is 4.54. The smallest absolute Gasteiger partial charge is 0.282 e. The Labute approximate surface area is 166 Å². The van der Waals surface area contributed by atoms with E-state index in [1.165, 1.54) is 16.2 Å². The number of benzene rings is 2. The van der Waals surface area contributed by atoms with Gasteiger partial charge in [-0.2, -0.15) is 0 Å². The lowest BCUT2D eigenvalue weighted by molar-refractivity contribution is -0.120. The minimum Gasteiger partial charge on any atom is -0.494 e. The number of amides is 2. The van der Waals surface area contributed by atoms with Crippen molar-refractivity contribution in [2.24, 2.45) is 0 Å². The van der Waals surface area contributed by atoms with Crippen LogP contribution in [0.4, 0.5) is 11.4 Å². The van der Waals surface area contributed by atoms with Crippen LogP contribution in [0.15, 0.2) is 77.8 Å². The van der Waals surface area contributed by atoms with Crippen molar-refractivity contribution in [2.45, 2.75) is 6.92 Å². The number of hydrogen-bond acceptors (Lipinski definition) is 5. The summed E-state index contributed by atoms with van der Waals surface area (Å²) in [5, 5.41) is 5.03. The van der Waals surface area contributed by atoms with Gasteiger partial charge in [-0.25, -0.2) is 4.90 Å². The van der Waals surface area contributed by atoms with Gasteiger partial charge in [0.2, 0.25) is 0 Å². The lowest BCUT2D eigenvalue weighted by atomic mass is 10.2. The summed E-state index contributed by atoms with van der Waals surface area (Å²) >= 11 is 1.43. The first-order valence-electron chi connectivity index (χ1n) is 8.91. The van der Waals surface area contributed by atoms with Crippen LogP contribution >= 0.6 is 11.3 Å². The molecule has 0 aliphatic carbocycles. The zero-order chi connectivity index (χ0) is 19.5. The highest BCUT2D eigenvalue weighted by molar-refractivity contribution is 7.11. The van der Waals surface area contributed by atoms with E-state index in [0.717, 1.165) is 10.6 Å². The zero-order valence-electron chi connectivity index (χ0n) is 15.2. The maximum atomic E-state index is 13.3. The van der Waals surface area contributed by atoms with Crippen molar-refractivity contribution >= 4 is 40.1 Å². The van der Waals surface area contributed by atoms with Gasteiger partial charge in [-0.1, -0.05) is 30.3 Å². The van der Waals surface area contributed by atoms with Gasteiger partial charge in [0.15, 0.2) is 0 Å². The second-order valence-electron chi connectivity index (χ2n) is 6.09. The van der Waals surface area contributed by atoms with Crippen molar-refractivity contribution in [2.75, 3.05) is 16.8 Å². The van der Waals surface area contributed by atoms with Crippen molar-refractivity contribution in [3.05, 3.63) is 82.7 Å². The molecule has 0 saturated heterocycles. The van der Waals surface area contributed by atoms with Crippen LogP contribution in [0.3, 0.4) is 0 Å².